The molecule has 0 atom stereocenters. The number of nitrogens with two attached hydrogens (primary N) is 1. The van der Waals surface area contributed by atoms with Crippen LogP contribution in [0.5, 0.6) is 0 Å². The molecule has 0 spiro atoms. The first kappa shape index (κ1) is 13.1. The lowest BCUT2D eigenvalue weighted by atomic mass is 10.1. The van der Waals surface area contributed by atoms with Gasteiger partial charge in [-0.15, -0.1) is 0 Å². The van der Waals surface area contributed by atoms with Gasteiger partial charge in [-0.2, -0.15) is 5.10 Å². The van der Waals surface area contributed by atoms with Gasteiger partial charge in [0.1, 0.15) is 0 Å². The number of aryl methyl sites for hydroxylation is 3. The van der Waals surface area contributed by atoms with E-state index in [-0.39, 0.29) is 5.91 Å². The van der Waals surface area contributed by atoms with Crippen LogP contribution in [-0.4, -0.2) is 15.7 Å². The predicted octanol–water partition coefficient (Wildman–Crippen LogP) is 1.57. The Morgan fingerprint density at radius 1 is 1.37 bits per heavy atom. The number of nitrogen functional groups attached to an aromatic ring is 1. The molecule has 2 rings (SSSR count). The maximum absolute atomic E-state index is 12.2. The molecule has 1 aromatic carbocycles. The average molecular weight is 259 g/mol. The van der Waals surface area contributed by atoms with E-state index >= 15 is 0 Å². The zero-order valence-corrected chi connectivity index (χ0v) is 11.2. The van der Waals surface area contributed by atoms with Gasteiger partial charge in [-0.3, -0.25) is 15.3 Å². The number of hydrazine groups is 1. The summed E-state index contributed by atoms with van der Waals surface area (Å²) in [5.41, 5.74) is 6.29. The van der Waals surface area contributed by atoms with Crippen molar-refractivity contribution in [3.63, 3.8) is 0 Å². The molecule has 1 heterocycles. The summed E-state index contributed by atoms with van der Waals surface area (Å²) in [4.78, 5) is 12.2. The van der Waals surface area contributed by atoms with Gasteiger partial charge in [-0.25, -0.2) is 0 Å². The van der Waals surface area contributed by atoms with E-state index in [1.54, 1.807) is 23.0 Å². The second-order valence-electron chi connectivity index (χ2n) is 4.43. The van der Waals surface area contributed by atoms with Gasteiger partial charge >= 0.3 is 0 Å². The molecule has 0 bridgehead atoms. The summed E-state index contributed by atoms with van der Waals surface area (Å²) in [7, 11) is 1.82. The lowest BCUT2D eigenvalue weighted by molar-refractivity contribution is 0.102. The van der Waals surface area contributed by atoms with Crippen molar-refractivity contribution in [1.82, 2.24) is 9.78 Å². The van der Waals surface area contributed by atoms with Crippen LogP contribution in [0.2, 0.25) is 0 Å². The zero-order valence-electron chi connectivity index (χ0n) is 11.2. The number of hydrogen-bond donors (Lipinski definition) is 3. The molecule has 0 aliphatic carbocycles. The van der Waals surface area contributed by atoms with Crippen molar-refractivity contribution in [1.29, 1.82) is 0 Å². The van der Waals surface area contributed by atoms with Crippen molar-refractivity contribution in [3.05, 3.63) is 41.2 Å². The number of aromatic nitrogens is 2. The summed E-state index contributed by atoms with van der Waals surface area (Å²) >= 11 is 0. The van der Waals surface area contributed by atoms with Gasteiger partial charge in [0.2, 0.25) is 0 Å². The Morgan fingerprint density at radius 2 is 2.11 bits per heavy atom. The van der Waals surface area contributed by atoms with E-state index < -0.39 is 0 Å². The highest BCUT2D eigenvalue weighted by Crippen LogP contribution is 2.17. The monoisotopic (exact) mass is 259 g/mol. The second-order valence-corrected chi connectivity index (χ2v) is 4.43. The van der Waals surface area contributed by atoms with E-state index in [4.69, 9.17) is 5.84 Å². The van der Waals surface area contributed by atoms with E-state index in [0.717, 1.165) is 16.9 Å². The highest BCUT2D eigenvalue weighted by molar-refractivity contribution is 6.05. The number of benzene rings is 1. The third-order valence-corrected chi connectivity index (χ3v) is 2.90. The molecular formula is C13H17N5O. The fraction of sp³-hybridized carbons (Fsp3) is 0.231. The number of nitrogens with zero attached hydrogens (tertiary/aromatic N) is 2. The van der Waals surface area contributed by atoms with Gasteiger partial charge in [-0.05, 0) is 37.6 Å². The SMILES string of the molecule is Cc1cc(NN)ccc1C(=O)Nc1cn(C)nc1C. The molecule has 1 aromatic heterocycles. The van der Waals surface area contributed by atoms with E-state index in [9.17, 15) is 4.79 Å². The van der Waals surface area contributed by atoms with Crippen LogP contribution >= 0.6 is 0 Å². The van der Waals surface area contributed by atoms with Crippen molar-refractivity contribution in [2.45, 2.75) is 13.8 Å². The van der Waals surface area contributed by atoms with Gasteiger partial charge in [0.25, 0.3) is 5.91 Å². The van der Waals surface area contributed by atoms with Gasteiger partial charge < -0.3 is 10.7 Å². The van der Waals surface area contributed by atoms with Crippen LogP contribution in [0.4, 0.5) is 11.4 Å². The lowest BCUT2D eigenvalue weighted by Gasteiger charge is -2.08. The second kappa shape index (κ2) is 5.11. The van der Waals surface area contributed by atoms with E-state index in [2.05, 4.69) is 15.8 Å². The first-order valence-electron chi connectivity index (χ1n) is 5.90. The number of rotatable bonds is 3. The Kier molecular flexibility index (Phi) is 3.52. The molecule has 0 radical (unpaired) electrons. The third-order valence-electron chi connectivity index (χ3n) is 2.90. The van der Waals surface area contributed by atoms with Crippen LogP contribution in [-0.2, 0) is 7.05 Å². The minimum Gasteiger partial charge on any atom is -0.324 e. The van der Waals surface area contributed by atoms with Crippen molar-refractivity contribution < 1.29 is 4.79 Å². The smallest absolute Gasteiger partial charge is 0.256 e. The Balaban J connectivity index is 2.23. The Hall–Kier alpha value is -2.34. The van der Waals surface area contributed by atoms with Gasteiger partial charge in [0.05, 0.1) is 11.4 Å². The van der Waals surface area contributed by atoms with Crippen molar-refractivity contribution in [2.24, 2.45) is 12.9 Å². The normalized spacial score (nSPS) is 10.3. The topological polar surface area (TPSA) is 85.0 Å². The molecule has 6 heteroatoms. The minimum absolute atomic E-state index is 0.155. The number of carbonyl (C=O) groups is 1. The molecular weight excluding hydrogens is 242 g/mol. The summed E-state index contributed by atoms with van der Waals surface area (Å²) in [6, 6.07) is 5.33. The highest BCUT2D eigenvalue weighted by atomic mass is 16.1. The number of hydrogen-bond acceptors (Lipinski definition) is 4. The fourth-order valence-corrected chi connectivity index (χ4v) is 1.92. The lowest BCUT2D eigenvalue weighted by Crippen LogP contribution is -2.14. The predicted molar refractivity (Wildman–Crippen MR) is 74.9 cm³/mol. The van der Waals surface area contributed by atoms with Crippen molar-refractivity contribution >= 4 is 17.3 Å². The van der Waals surface area contributed by atoms with E-state index in [1.807, 2.05) is 27.0 Å². The molecule has 1 amide bonds. The third kappa shape index (κ3) is 2.74. The Morgan fingerprint density at radius 3 is 2.63 bits per heavy atom. The van der Waals surface area contributed by atoms with Crippen LogP contribution in [0.15, 0.2) is 24.4 Å². The quantitative estimate of drug-likeness (QED) is 0.577. The number of carbonyl (C=O) groups excluding carboxylic acids is 1. The number of amides is 1. The van der Waals surface area contributed by atoms with Crippen LogP contribution in [0, 0.1) is 13.8 Å². The summed E-state index contributed by atoms with van der Waals surface area (Å²) in [6.45, 7) is 3.72. The van der Waals surface area contributed by atoms with E-state index in [1.165, 1.54) is 0 Å². The molecule has 2 aromatic rings. The average Bonchev–Trinajstić information content (AvgIpc) is 2.67. The van der Waals surface area contributed by atoms with Crippen molar-refractivity contribution in [3.8, 4) is 0 Å². The maximum Gasteiger partial charge on any atom is 0.256 e. The van der Waals surface area contributed by atoms with Crippen LogP contribution in [0.1, 0.15) is 21.6 Å². The standard InChI is InChI=1S/C13H17N5O/c1-8-6-10(16-14)4-5-11(8)13(19)15-12-7-18(3)17-9(12)2/h4-7,16H,14H2,1-3H3,(H,15,19). The summed E-state index contributed by atoms with van der Waals surface area (Å²) in [6.07, 6.45) is 1.78. The van der Waals surface area contributed by atoms with Crippen LogP contribution in [0.3, 0.4) is 0 Å². The Bertz CT molecular complexity index is 617. The Labute approximate surface area is 111 Å². The molecule has 0 aliphatic rings. The zero-order chi connectivity index (χ0) is 14.0. The fourth-order valence-electron chi connectivity index (χ4n) is 1.92. The van der Waals surface area contributed by atoms with Gasteiger partial charge in [0.15, 0.2) is 0 Å². The molecule has 6 nitrogen and oxygen atoms in total. The number of nitrogens with one attached hydrogen (secondary N) is 2. The molecule has 19 heavy (non-hydrogen) atoms. The van der Waals surface area contributed by atoms with Gasteiger partial charge in [-0.1, -0.05) is 0 Å². The molecule has 100 valence electrons. The summed E-state index contributed by atoms with van der Waals surface area (Å²) in [5.74, 6) is 5.17. The van der Waals surface area contributed by atoms with Crippen LogP contribution < -0.4 is 16.6 Å². The van der Waals surface area contributed by atoms with E-state index in [0.29, 0.717) is 11.3 Å². The largest absolute Gasteiger partial charge is 0.324 e. The first-order chi connectivity index (χ1) is 9.01. The molecule has 0 saturated carbocycles. The van der Waals surface area contributed by atoms with Crippen LogP contribution in [0.25, 0.3) is 0 Å². The summed E-state index contributed by atoms with van der Waals surface area (Å²) < 4.78 is 1.67. The van der Waals surface area contributed by atoms with Crippen molar-refractivity contribution in [2.75, 3.05) is 10.7 Å². The summed E-state index contributed by atoms with van der Waals surface area (Å²) in [5, 5.41) is 7.03. The molecule has 4 N–H and O–H groups in total. The first-order valence-corrected chi connectivity index (χ1v) is 5.90. The molecule has 0 saturated heterocycles. The minimum atomic E-state index is -0.155. The molecule has 0 fully saturated rings. The maximum atomic E-state index is 12.2. The van der Waals surface area contributed by atoms with Gasteiger partial charge in [0, 0.05) is 24.5 Å². The number of anilines is 2. The molecule has 0 aliphatic heterocycles. The molecule has 0 unspecified atom stereocenters. The highest BCUT2D eigenvalue weighted by Gasteiger charge is 2.12.